The lowest BCUT2D eigenvalue weighted by molar-refractivity contribution is 0.0682. The Morgan fingerprint density at radius 3 is 2.07 bits per heavy atom. The number of ether oxygens (including phenoxy) is 1. The van der Waals surface area contributed by atoms with Crippen molar-refractivity contribution in [3.05, 3.63) is 83.9 Å². The van der Waals surface area contributed by atoms with Gasteiger partial charge in [-0.1, -0.05) is 48.5 Å². The smallest absolute Gasteiger partial charge is 0.344 e. The zero-order valence-corrected chi connectivity index (χ0v) is 14.0. The van der Waals surface area contributed by atoms with Crippen LogP contribution in [0.1, 0.15) is 20.7 Å². The van der Waals surface area contributed by atoms with E-state index in [1.165, 1.54) is 18.2 Å². The Bertz CT molecular complexity index is 1210. The van der Waals surface area contributed by atoms with E-state index in [2.05, 4.69) is 0 Å². The van der Waals surface area contributed by atoms with E-state index in [0.717, 1.165) is 10.8 Å². The number of aromatic carboxylic acids is 1. The van der Waals surface area contributed by atoms with Gasteiger partial charge in [0.1, 0.15) is 17.1 Å². The molecule has 0 radical (unpaired) electrons. The number of phenols is 1. The van der Waals surface area contributed by atoms with E-state index in [1.807, 2.05) is 18.2 Å². The maximum atomic E-state index is 12.8. The Balaban J connectivity index is 1.81. The summed E-state index contributed by atoms with van der Waals surface area (Å²) < 4.78 is 5.45. The van der Waals surface area contributed by atoms with Crippen LogP contribution in [0.2, 0.25) is 0 Å². The summed E-state index contributed by atoms with van der Waals surface area (Å²) in [6.07, 6.45) is 0. The van der Waals surface area contributed by atoms with Gasteiger partial charge in [-0.25, -0.2) is 9.59 Å². The molecule has 0 amide bonds. The van der Waals surface area contributed by atoms with Crippen molar-refractivity contribution in [3.63, 3.8) is 0 Å². The average molecular weight is 358 g/mol. The zero-order chi connectivity index (χ0) is 19.0. The minimum atomic E-state index is -1.18. The van der Waals surface area contributed by atoms with Gasteiger partial charge in [-0.05, 0) is 40.4 Å². The lowest BCUT2D eigenvalue weighted by Crippen LogP contribution is -2.12. The maximum absolute atomic E-state index is 12.8. The SMILES string of the molecule is O=C(O)c1cc2ccccc2cc1OC(=O)c1ccc(O)c2ccccc12. The highest BCUT2D eigenvalue weighted by molar-refractivity contribution is 6.08. The summed E-state index contributed by atoms with van der Waals surface area (Å²) in [5.74, 6) is -1.84. The van der Waals surface area contributed by atoms with Crippen molar-refractivity contribution in [3.8, 4) is 11.5 Å². The summed E-state index contributed by atoms with van der Waals surface area (Å²) in [6, 6.07) is 20.0. The molecule has 5 heteroatoms. The number of hydrogen-bond donors (Lipinski definition) is 2. The molecule has 0 heterocycles. The van der Waals surface area contributed by atoms with E-state index in [9.17, 15) is 19.8 Å². The second-order valence-corrected chi connectivity index (χ2v) is 6.07. The fourth-order valence-electron chi connectivity index (χ4n) is 3.09. The molecule has 0 aromatic heterocycles. The normalized spacial score (nSPS) is 10.8. The van der Waals surface area contributed by atoms with Gasteiger partial charge < -0.3 is 14.9 Å². The summed E-state index contributed by atoms with van der Waals surface area (Å²) in [6.45, 7) is 0. The number of phenolic OH excluding ortho intramolecular Hbond substituents is 1. The summed E-state index contributed by atoms with van der Waals surface area (Å²) in [5, 5.41) is 22.0. The first-order chi connectivity index (χ1) is 13.0. The molecule has 5 nitrogen and oxygen atoms in total. The second kappa shape index (κ2) is 6.46. The number of carbonyl (C=O) groups is 2. The topological polar surface area (TPSA) is 83.8 Å². The number of benzene rings is 4. The molecule has 0 aliphatic carbocycles. The molecule has 4 rings (SSSR count). The van der Waals surface area contributed by atoms with Crippen LogP contribution in [-0.4, -0.2) is 22.2 Å². The quantitative estimate of drug-likeness (QED) is 0.412. The Morgan fingerprint density at radius 2 is 1.37 bits per heavy atom. The number of carboxylic acids is 1. The molecule has 0 fully saturated rings. The first kappa shape index (κ1) is 16.6. The van der Waals surface area contributed by atoms with Gasteiger partial charge in [0.2, 0.25) is 0 Å². The van der Waals surface area contributed by atoms with Crippen molar-refractivity contribution in [2.24, 2.45) is 0 Å². The molecule has 0 saturated heterocycles. The largest absolute Gasteiger partial charge is 0.507 e. The second-order valence-electron chi connectivity index (χ2n) is 6.07. The molecule has 132 valence electrons. The molecule has 2 N–H and O–H groups in total. The van der Waals surface area contributed by atoms with Crippen LogP contribution in [0.3, 0.4) is 0 Å². The van der Waals surface area contributed by atoms with E-state index < -0.39 is 11.9 Å². The van der Waals surface area contributed by atoms with Crippen molar-refractivity contribution >= 4 is 33.5 Å². The fourth-order valence-corrected chi connectivity index (χ4v) is 3.09. The third-order valence-electron chi connectivity index (χ3n) is 4.40. The first-order valence-electron chi connectivity index (χ1n) is 8.23. The summed E-state index contributed by atoms with van der Waals surface area (Å²) in [7, 11) is 0. The van der Waals surface area contributed by atoms with E-state index in [-0.39, 0.29) is 22.6 Å². The standard InChI is InChI=1S/C22H14O5/c23-19-10-9-17(15-7-3-4-8-16(15)19)22(26)27-20-12-14-6-2-1-5-13(14)11-18(20)21(24)25/h1-12,23H,(H,24,25). The Kier molecular flexibility index (Phi) is 3.97. The molecule has 0 aliphatic heterocycles. The van der Waals surface area contributed by atoms with Crippen LogP contribution >= 0.6 is 0 Å². The number of rotatable bonds is 3. The van der Waals surface area contributed by atoms with Gasteiger partial charge in [0, 0.05) is 5.39 Å². The highest BCUT2D eigenvalue weighted by atomic mass is 16.5. The predicted molar refractivity (Wildman–Crippen MR) is 101 cm³/mol. The van der Waals surface area contributed by atoms with Crippen LogP contribution in [0.15, 0.2) is 72.8 Å². The molecular weight excluding hydrogens is 344 g/mol. The number of fused-ring (bicyclic) bond motifs is 2. The van der Waals surface area contributed by atoms with E-state index >= 15 is 0 Å². The van der Waals surface area contributed by atoms with Crippen molar-refractivity contribution in [2.75, 3.05) is 0 Å². The van der Waals surface area contributed by atoms with Crippen LogP contribution < -0.4 is 4.74 Å². The van der Waals surface area contributed by atoms with Gasteiger partial charge >= 0.3 is 11.9 Å². The van der Waals surface area contributed by atoms with Gasteiger partial charge in [0.25, 0.3) is 0 Å². The monoisotopic (exact) mass is 358 g/mol. The molecule has 4 aromatic carbocycles. The average Bonchev–Trinajstić information content (AvgIpc) is 2.67. The first-order valence-corrected chi connectivity index (χ1v) is 8.23. The summed E-state index contributed by atoms with van der Waals surface area (Å²) >= 11 is 0. The van der Waals surface area contributed by atoms with Crippen molar-refractivity contribution in [1.82, 2.24) is 0 Å². The fraction of sp³-hybridized carbons (Fsp3) is 0. The van der Waals surface area contributed by atoms with E-state index in [1.54, 1.807) is 36.4 Å². The van der Waals surface area contributed by atoms with Gasteiger partial charge in [-0.2, -0.15) is 0 Å². The summed E-state index contributed by atoms with van der Waals surface area (Å²) in [4.78, 5) is 24.4. The zero-order valence-electron chi connectivity index (χ0n) is 14.0. The van der Waals surface area contributed by atoms with Crippen LogP contribution in [0.4, 0.5) is 0 Å². The molecular formula is C22H14O5. The third kappa shape index (κ3) is 2.95. The van der Waals surface area contributed by atoms with E-state index in [4.69, 9.17) is 4.74 Å². The lowest BCUT2D eigenvalue weighted by Gasteiger charge is -2.11. The maximum Gasteiger partial charge on any atom is 0.344 e. The van der Waals surface area contributed by atoms with Crippen molar-refractivity contribution < 1.29 is 24.5 Å². The molecule has 0 saturated carbocycles. The van der Waals surface area contributed by atoms with Crippen molar-refractivity contribution in [2.45, 2.75) is 0 Å². The number of carbonyl (C=O) groups excluding carboxylic acids is 1. The van der Waals surface area contributed by atoms with Gasteiger partial charge in [0.05, 0.1) is 5.56 Å². The van der Waals surface area contributed by atoms with Gasteiger partial charge in [-0.3, -0.25) is 0 Å². The number of aromatic hydroxyl groups is 1. The molecule has 4 aromatic rings. The number of carboxylic acid groups (broad SMARTS) is 1. The van der Waals surface area contributed by atoms with Crippen LogP contribution in [0.25, 0.3) is 21.5 Å². The van der Waals surface area contributed by atoms with Crippen LogP contribution in [0, 0.1) is 0 Å². The lowest BCUT2D eigenvalue weighted by atomic mass is 10.0. The third-order valence-corrected chi connectivity index (χ3v) is 4.40. The van der Waals surface area contributed by atoms with Crippen molar-refractivity contribution in [1.29, 1.82) is 0 Å². The summed E-state index contributed by atoms with van der Waals surface area (Å²) in [5.41, 5.74) is 0.151. The van der Waals surface area contributed by atoms with E-state index in [0.29, 0.717) is 10.8 Å². The highest BCUT2D eigenvalue weighted by Crippen LogP contribution is 2.30. The van der Waals surface area contributed by atoms with Gasteiger partial charge in [0.15, 0.2) is 0 Å². The molecule has 0 atom stereocenters. The van der Waals surface area contributed by atoms with Crippen LogP contribution in [0.5, 0.6) is 11.5 Å². The highest BCUT2D eigenvalue weighted by Gasteiger charge is 2.19. The predicted octanol–water partition coefficient (Wildman–Crippen LogP) is 4.62. The van der Waals surface area contributed by atoms with Gasteiger partial charge in [-0.15, -0.1) is 0 Å². The minimum absolute atomic E-state index is 0.0247. The van der Waals surface area contributed by atoms with Crippen LogP contribution in [-0.2, 0) is 0 Å². The molecule has 0 unspecified atom stereocenters. The Labute approximate surface area is 154 Å². The molecule has 0 aliphatic rings. The Morgan fingerprint density at radius 1 is 0.741 bits per heavy atom. The minimum Gasteiger partial charge on any atom is -0.507 e. The number of esters is 1. The molecule has 0 bridgehead atoms. The molecule has 0 spiro atoms. The number of hydrogen-bond acceptors (Lipinski definition) is 4. The Hall–Kier alpha value is -3.86. The molecule has 27 heavy (non-hydrogen) atoms.